The number of aliphatic hydroxyl groups is 2. The van der Waals surface area contributed by atoms with Crippen molar-refractivity contribution < 1.29 is 29.3 Å². The number of esters is 2. The van der Waals surface area contributed by atoms with Crippen LogP contribution in [0.3, 0.4) is 0 Å². The molecule has 0 amide bonds. The highest BCUT2D eigenvalue weighted by Crippen LogP contribution is 2.72. The number of hydrogen-bond acceptors (Lipinski definition) is 6. The molecule has 3 aliphatic carbocycles. The fourth-order valence-electron chi connectivity index (χ4n) is 6.14. The molecule has 3 aliphatic rings. The first-order chi connectivity index (χ1) is 11.4. The summed E-state index contributed by atoms with van der Waals surface area (Å²) in [4.78, 5) is 23.0. The van der Waals surface area contributed by atoms with E-state index in [1.54, 1.807) is 0 Å². The maximum absolute atomic E-state index is 11.6. The van der Waals surface area contributed by atoms with Crippen molar-refractivity contribution in [2.75, 3.05) is 6.61 Å². The van der Waals surface area contributed by atoms with Gasteiger partial charge in [-0.15, -0.1) is 0 Å². The van der Waals surface area contributed by atoms with Gasteiger partial charge in [-0.05, 0) is 30.8 Å². The molecule has 0 aromatic heterocycles. The molecule has 25 heavy (non-hydrogen) atoms. The fourth-order valence-corrected chi connectivity index (χ4v) is 6.14. The van der Waals surface area contributed by atoms with Gasteiger partial charge >= 0.3 is 11.9 Å². The summed E-state index contributed by atoms with van der Waals surface area (Å²) < 4.78 is 10.9. The third-order valence-corrected chi connectivity index (χ3v) is 6.83. The molecule has 0 heterocycles. The Morgan fingerprint density at radius 3 is 2.44 bits per heavy atom. The molecule has 6 heteroatoms. The average molecular weight is 352 g/mol. The molecule has 0 saturated heterocycles. The van der Waals surface area contributed by atoms with E-state index in [1.165, 1.54) is 13.8 Å². The Labute approximate surface area is 148 Å². The van der Waals surface area contributed by atoms with E-state index in [2.05, 4.69) is 6.58 Å². The van der Waals surface area contributed by atoms with E-state index in [0.717, 1.165) is 0 Å². The fraction of sp³-hybridized carbons (Fsp3) is 0.789. The maximum Gasteiger partial charge on any atom is 0.302 e. The van der Waals surface area contributed by atoms with Gasteiger partial charge in [0, 0.05) is 30.6 Å². The van der Waals surface area contributed by atoms with Gasteiger partial charge in [-0.1, -0.05) is 20.4 Å². The molecule has 0 spiro atoms. The van der Waals surface area contributed by atoms with E-state index in [0.29, 0.717) is 24.8 Å². The van der Waals surface area contributed by atoms with E-state index in [4.69, 9.17) is 9.47 Å². The van der Waals surface area contributed by atoms with Crippen LogP contribution in [0.2, 0.25) is 0 Å². The minimum atomic E-state index is -1.24. The second-order valence-electron chi connectivity index (χ2n) is 8.68. The van der Waals surface area contributed by atoms with Gasteiger partial charge in [0.25, 0.3) is 0 Å². The Balaban J connectivity index is 2.04. The highest BCUT2D eigenvalue weighted by Gasteiger charge is 2.75. The van der Waals surface area contributed by atoms with E-state index >= 15 is 0 Å². The predicted molar refractivity (Wildman–Crippen MR) is 89.3 cm³/mol. The van der Waals surface area contributed by atoms with Gasteiger partial charge in [0.2, 0.25) is 0 Å². The molecule has 0 aromatic rings. The smallest absolute Gasteiger partial charge is 0.302 e. The van der Waals surface area contributed by atoms with Crippen molar-refractivity contribution in [2.24, 2.45) is 22.7 Å². The third-order valence-electron chi connectivity index (χ3n) is 6.83. The van der Waals surface area contributed by atoms with Crippen molar-refractivity contribution in [1.29, 1.82) is 0 Å². The number of ether oxygens (including phenoxy) is 2. The number of fused-ring (bicyclic) bond motifs is 3. The van der Waals surface area contributed by atoms with Crippen LogP contribution in [0.5, 0.6) is 0 Å². The van der Waals surface area contributed by atoms with Crippen molar-refractivity contribution in [3.05, 3.63) is 12.2 Å². The molecule has 0 unspecified atom stereocenters. The molecular formula is C19H28O6. The summed E-state index contributed by atoms with van der Waals surface area (Å²) >= 11 is 0. The molecule has 2 N–H and O–H groups in total. The zero-order valence-electron chi connectivity index (χ0n) is 15.4. The molecule has 6 nitrogen and oxygen atoms in total. The van der Waals surface area contributed by atoms with Crippen LogP contribution in [0.15, 0.2) is 12.2 Å². The minimum Gasteiger partial charge on any atom is -0.465 e. The van der Waals surface area contributed by atoms with E-state index in [-0.39, 0.29) is 36.5 Å². The normalized spacial score (nSPS) is 48.2. The SMILES string of the molecule is C=C1[C@@H](O)C[C@H]2C[C@]3(C)[C@@H](OC(C)=O)C[C@@](C)(COC(C)=O)[C@@H]3[C@@]12O. The van der Waals surface area contributed by atoms with Gasteiger partial charge in [0.05, 0.1) is 18.3 Å². The van der Waals surface area contributed by atoms with Gasteiger partial charge in [-0.2, -0.15) is 0 Å². The maximum atomic E-state index is 11.6. The van der Waals surface area contributed by atoms with Crippen molar-refractivity contribution in [2.45, 2.75) is 64.8 Å². The van der Waals surface area contributed by atoms with E-state index in [1.807, 2.05) is 13.8 Å². The standard InChI is InChI=1S/C19H28O6/c1-10-14(22)6-13-7-18(5)15(25-12(3)21)8-17(4,9-24-11(2)20)16(18)19(10,13)23/h13-16,22-23H,1,6-9H2,2-5H3/t13-,14-,15-,16-,17-,18+,19+/m0/s1. The monoisotopic (exact) mass is 352 g/mol. The second-order valence-corrected chi connectivity index (χ2v) is 8.68. The van der Waals surface area contributed by atoms with Gasteiger partial charge in [0.15, 0.2) is 0 Å². The molecule has 0 aliphatic heterocycles. The minimum absolute atomic E-state index is 0.138. The molecule has 3 rings (SSSR count). The zero-order chi connectivity index (χ0) is 18.8. The van der Waals surface area contributed by atoms with Crippen molar-refractivity contribution in [1.82, 2.24) is 0 Å². The topological polar surface area (TPSA) is 93.1 Å². The lowest BCUT2D eigenvalue weighted by atomic mass is 9.65. The summed E-state index contributed by atoms with van der Waals surface area (Å²) in [6.45, 7) is 10.8. The zero-order valence-corrected chi connectivity index (χ0v) is 15.4. The Morgan fingerprint density at radius 2 is 1.88 bits per heavy atom. The summed E-state index contributed by atoms with van der Waals surface area (Å²) in [6, 6.07) is 0. The summed E-state index contributed by atoms with van der Waals surface area (Å²) in [6.07, 6.45) is 0.496. The lowest BCUT2D eigenvalue weighted by Crippen LogP contribution is -2.49. The number of rotatable bonds is 3. The van der Waals surface area contributed by atoms with Crippen LogP contribution >= 0.6 is 0 Å². The summed E-state index contributed by atoms with van der Waals surface area (Å²) in [5, 5.41) is 21.9. The van der Waals surface area contributed by atoms with Gasteiger partial charge < -0.3 is 19.7 Å². The first-order valence-electron chi connectivity index (χ1n) is 8.85. The highest BCUT2D eigenvalue weighted by atomic mass is 16.5. The van der Waals surface area contributed by atoms with Crippen LogP contribution in [0.25, 0.3) is 0 Å². The first-order valence-corrected chi connectivity index (χ1v) is 8.85. The number of aliphatic hydroxyl groups excluding tert-OH is 1. The Kier molecular flexibility index (Phi) is 4.08. The quantitative estimate of drug-likeness (QED) is 0.592. The Hall–Kier alpha value is -1.40. The molecule has 0 aromatic carbocycles. The molecule has 3 fully saturated rings. The largest absolute Gasteiger partial charge is 0.465 e. The van der Waals surface area contributed by atoms with Crippen molar-refractivity contribution in [3.63, 3.8) is 0 Å². The van der Waals surface area contributed by atoms with Crippen molar-refractivity contribution in [3.8, 4) is 0 Å². The Morgan fingerprint density at radius 1 is 1.24 bits per heavy atom. The molecule has 7 atom stereocenters. The van der Waals surface area contributed by atoms with Crippen LogP contribution < -0.4 is 0 Å². The molecule has 3 saturated carbocycles. The van der Waals surface area contributed by atoms with Gasteiger partial charge in [-0.25, -0.2) is 0 Å². The van der Waals surface area contributed by atoms with Crippen molar-refractivity contribution >= 4 is 11.9 Å². The van der Waals surface area contributed by atoms with Crippen LogP contribution in [-0.4, -0.2) is 46.6 Å². The lowest BCUT2D eigenvalue weighted by molar-refractivity contribution is -0.152. The molecule has 140 valence electrons. The Bertz CT molecular complexity index is 629. The number of carbonyl (C=O) groups is 2. The second kappa shape index (κ2) is 5.55. The number of hydrogen-bond donors (Lipinski definition) is 2. The van der Waals surface area contributed by atoms with Crippen LogP contribution in [-0.2, 0) is 19.1 Å². The van der Waals surface area contributed by atoms with Gasteiger partial charge in [-0.3, -0.25) is 9.59 Å². The third kappa shape index (κ3) is 2.45. The summed E-state index contributed by atoms with van der Waals surface area (Å²) in [7, 11) is 0. The van der Waals surface area contributed by atoms with Gasteiger partial charge in [0.1, 0.15) is 6.10 Å². The molecular weight excluding hydrogens is 324 g/mol. The molecule has 0 radical (unpaired) electrons. The van der Waals surface area contributed by atoms with E-state index in [9.17, 15) is 19.8 Å². The predicted octanol–water partition coefficient (Wildman–Crippen LogP) is 1.59. The first kappa shape index (κ1) is 18.4. The highest BCUT2D eigenvalue weighted by molar-refractivity contribution is 5.66. The molecule has 0 bridgehead atoms. The lowest BCUT2D eigenvalue weighted by Gasteiger charge is -2.43. The van der Waals surface area contributed by atoms with Crippen LogP contribution in [0.1, 0.15) is 47.0 Å². The van der Waals surface area contributed by atoms with Crippen LogP contribution in [0, 0.1) is 22.7 Å². The number of carbonyl (C=O) groups excluding carboxylic acids is 2. The average Bonchev–Trinajstić information content (AvgIpc) is 2.93. The summed E-state index contributed by atoms with van der Waals surface area (Å²) in [5.41, 5.74) is -1.83. The summed E-state index contributed by atoms with van der Waals surface area (Å²) in [5.74, 6) is -1.19. The van der Waals surface area contributed by atoms with E-state index < -0.39 is 22.5 Å². The van der Waals surface area contributed by atoms with Crippen LogP contribution in [0.4, 0.5) is 0 Å².